The number of carbonyl (C=O) groups excluding carboxylic acids is 1. The van der Waals surface area contributed by atoms with E-state index in [1.807, 2.05) is 9.47 Å². The van der Waals surface area contributed by atoms with E-state index in [-0.39, 0.29) is 30.2 Å². The van der Waals surface area contributed by atoms with Gasteiger partial charge in [0.15, 0.2) is 5.83 Å². The topological polar surface area (TPSA) is 88.7 Å². The molecule has 1 saturated carbocycles. The lowest BCUT2D eigenvalue weighted by molar-refractivity contribution is -0.131. The molecule has 0 bridgehead atoms. The minimum absolute atomic E-state index is 0.0565. The predicted molar refractivity (Wildman–Crippen MR) is 173 cm³/mol. The fourth-order valence-electron chi connectivity index (χ4n) is 8.01. The number of amides is 1. The molecule has 234 valence electrons. The number of piperazine rings is 1. The maximum atomic E-state index is 14.0. The molecule has 2 atom stereocenters. The SMILES string of the molecule is C=C(F)C(=O)N1CCN(c2nc(=O)n(C[C@@H]3CCCN3C)c3c2CC2(CC2)N(c2cccc4cccc(C)c24)C3)C[C@@H]1CC#N. The van der Waals surface area contributed by atoms with Crippen LogP contribution in [0.15, 0.2) is 53.6 Å². The third kappa shape index (κ3) is 5.07. The molecule has 2 aromatic carbocycles. The van der Waals surface area contributed by atoms with Crippen LogP contribution in [-0.4, -0.2) is 76.1 Å². The van der Waals surface area contributed by atoms with Crippen molar-refractivity contribution in [3.05, 3.63) is 76.1 Å². The van der Waals surface area contributed by atoms with Gasteiger partial charge in [-0.05, 0) is 63.2 Å². The maximum absolute atomic E-state index is 14.0. The number of aryl methyl sites for hydroxylation is 1. The first-order valence-corrected chi connectivity index (χ1v) is 16.1. The number of fused-ring (bicyclic) bond motifs is 2. The summed E-state index contributed by atoms with van der Waals surface area (Å²) in [5.74, 6) is -1.15. The van der Waals surface area contributed by atoms with Gasteiger partial charge in [0.25, 0.3) is 5.91 Å². The molecule has 3 fully saturated rings. The van der Waals surface area contributed by atoms with Crippen molar-refractivity contribution in [1.82, 2.24) is 19.4 Å². The number of halogens is 1. The van der Waals surface area contributed by atoms with E-state index in [1.54, 1.807) is 0 Å². The van der Waals surface area contributed by atoms with E-state index < -0.39 is 17.8 Å². The summed E-state index contributed by atoms with van der Waals surface area (Å²) in [4.78, 5) is 39.7. The minimum Gasteiger partial charge on any atom is -0.359 e. The largest absolute Gasteiger partial charge is 0.359 e. The van der Waals surface area contributed by atoms with Gasteiger partial charge in [-0.15, -0.1) is 0 Å². The van der Waals surface area contributed by atoms with E-state index in [4.69, 9.17) is 4.98 Å². The normalized spacial score (nSPS) is 22.5. The molecule has 0 N–H and O–H groups in total. The molecule has 4 heterocycles. The van der Waals surface area contributed by atoms with Crippen molar-refractivity contribution in [3.8, 4) is 6.07 Å². The third-order valence-electron chi connectivity index (χ3n) is 10.6. The van der Waals surface area contributed by atoms with Crippen LogP contribution in [0.5, 0.6) is 0 Å². The zero-order valence-corrected chi connectivity index (χ0v) is 26.1. The zero-order chi connectivity index (χ0) is 31.5. The molecule has 3 aliphatic heterocycles. The molecule has 1 aromatic heterocycles. The summed E-state index contributed by atoms with van der Waals surface area (Å²) in [5.41, 5.74) is 4.20. The van der Waals surface area contributed by atoms with Crippen LogP contribution in [0.3, 0.4) is 0 Å². The number of nitrogens with zero attached hydrogens (tertiary/aromatic N) is 7. The summed E-state index contributed by atoms with van der Waals surface area (Å²) in [6, 6.07) is 14.8. The Morgan fingerprint density at radius 3 is 2.62 bits per heavy atom. The molecule has 10 heteroatoms. The Hall–Kier alpha value is -4.23. The Morgan fingerprint density at radius 1 is 1.16 bits per heavy atom. The number of likely N-dealkylation sites (tertiary alicyclic amines) is 1. The lowest BCUT2D eigenvalue weighted by Crippen LogP contribution is -2.56. The summed E-state index contributed by atoms with van der Waals surface area (Å²) in [6.45, 7) is 8.50. The van der Waals surface area contributed by atoms with Gasteiger partial charge in [0.05, 0.1) is 25.1 Å². The third-order valence-corrected chi connectivity index (χ3v) is 10.6. The highest BCUT2D eigenvalue weighted by Gasteiger charge is 2.53. The molecule has 7 rings (SSSR count). The lowest BCUT2D eigenvalue weighted by Gasteiger charge is -2.44. The first-order valence-electron chi connectivity index (χ1n) is 16.1. The van der Waals surface area contributed by atoms with Crippen LogP contribution in [0.1, 0.15) is 48.9 Å². The number of carbonyl (C=O) groups is 1. The molecule has 9 nitrogen and oxygen atoms in total. The highest BCUT2D eigenvalue weighted by atomic mass is 19.1. The summed E-state index contributed by atoms with van der Waals surface area (Å²) in [5, 5.41) is 12.0. The molecule has 1 aliphatic carbocycles. The average molecular weight is 610 g/mol. The summed E-state index contributed by atoms with van der Waals surface area (Å²) < 4.78 is 15.8. The van der Waals surface area contributed by atoms with E-state index in [2.05, 4.69) is 72.8 Å². The lowest BCUT2D eigenvalue weighted by atomic mass is 9.92. The van der Waals surface area contributed by atoms with Gasteiger partial charge in [0, 0.05) is 66.5 Å². The standard InChI is InChI=1S/C35H40FN7O2/c1-23-7-4-8-25-9-5-11-29(31(23)25)43-22-30-28(19-35(43)13-14-35)32(38-34(45)42(30)21-26-10-6-16-39(26)3)40-17-18-41(33(44)24(2)36)27(20-40)12-15-37/h4-5,7-9,11,26-27H,2,6,10,12-14,16-22H2,1,3H3/t26-,27-/m0/s1. The highest BCUT2D eigenvalue weighted by molar-refractivity contribution is 5.97. The van der Waals surface area contributed by atoms with Gasteiger partial charge in [-0.25, -0.2) is 9.18 Å². The molecule has 0 radical (unpaired) electrons. The minimum atomic E-state index is -1.03. The average Bonchev–Trinajstić information content (AvgIpc) is 3.67. The van der Waals surface area contributed by atoms with Gasteiger partial charge in [-0.2, -0.15) is 10.2 Å². The van der Waals surface area contributed by atoms with Gasteiger partial charge < -0.3 is 19.6 Å². The summed E-state index contributed by atoms with van der Waals surface area (Å²) in [6.07, 6.45) is 5.08. The Labute approximate surface area is 263 Å². The number of hydrogen-bond donors (Lipinski definition) is 0. The van der Waals surface area contributed by atoms with Crippen LogP contribution < -0.4 is 15.5 Å². The van der Waals surface area contributed by atoms with Gasteiger partial charge in [-0.3, -0.25) is 9.36 Å². The number of likely N-dealkylation sites (N-methyl/N-ethyl adjacent to an activating group) is 1. The van der Waals surface area contributed by atoms with Crippen molar-refractivity contribution in [1.29, 1.82) is 5.26 Å². The van der Waals surface area contributed by atoms with Gasteiger partial charge in [0.2, 0.25) is 0 Å². The number of rotatable bonds is 6. The molecule has 0 unspecified atom stereocenters. The molecular formula is C35H40FN7O2. The van der Waals surface area contributed by atoms with E-state index in [1.165, 1.54) is 26.9 Å². The number of hydrogen-bond acceptors (Lipinski definition) is 7. The van der Waals surface area contributed by atoms with E-state index in [0.29, 0.717) is 32.0 Å². The Bertz CT molecular complexity index is 1790. The Balaban J connectivity index is 1.33. The second kappa shape index (κ2) is 11.3. The van der Waals surface area contributed by atoms with Crippen molar-refractivity contribution in [2.24, 2.45) is 0 Å². The molecule has 1 amide bonds. The highest BCUT2D eigenvalue weighted by Crippen LogP contribution is 2.53. The first-order chi connectivity index (χ1) is 21.7. The molecule has 45 heavy (non-hydrogen) atoms. The van der Waals surface area contributed by atoms with Gasteiger partial charge >= 0.3 is 5.69 Å². The summed E-state index contributed by atoms with van der Waals surface area (Å²) in [7, 11) is 2.13. The van der Waals surface area contributed by atoms with Crippen LogP contribution in [0, 0.1) is 18.3 Å². The first kappa shape index (κ1) is 29.5. The quantitative estimate of drug-likeness (QED) is 0.385. The van der Waals surface area contributed by atoms with Crippen molar-refractivity contribution >= 4 is 28.2 Å². The fraction of sp³-hybridized carbons (Fsp3) is 0.486. The van der Waals surface area contributed by atoms with Crippen molar-refractivity contribution in [3.63, 3.8) is 0 Å². The molecular weight excluding hydrogens is 569 g/mol. The van der Waals surface area contributed by atoms with Crippen LogP contribution in [0.4, 0.5) is 15.9 Å². The van der Waals surface area contributed by atoms with Crippen LogP contribution in [0.25, 0.3) is 10.8 Å². The van der Waals surface area contributed by atoms with Gasteiger partial charge in [0.1, 0.15) is 5.82 Å². The van der Waals surface area contributed by atoms with Crippen LogP contribution in [0.2, 0.25) is 0 Å². The predicted octanol–water partition coefficient (Wildman–Crippen LogP) is 4.31. The molecule has 4 aliphatic rings. The number of aromatic nitrogens is 2. The number of benzene rings is 2. The Kier molecular flexibility index (Phi) is 7.40. The van der Waals surface area contributed by atoms with Crippen LogP contribution in [-0.2, 0) is 24.3 Å². The second-order valence-electron chi connectivity index (χ2n) is 13.3. The van der Waals surface area contributed by atoms with E-state index in [9.17, 15) is 19.2 Å². The Morgan fingerprint density at radius 2 is 1.93 bits per heavy atom. The van der Waals surface area contributed by atoms with Crippen molar-refractivity contribution < 1.29 is 9.18 Å². The smallest absolute Gasteiger partial charge is 0.349 e. The zero-order valence-electron chi connectivity index (χ0n) is 26.1. The molecule has 2 saturated heterocycles. The number of nitriles is 1. The van der Waals surface area contributed by atoms with E-state index >= 15 is 0 Å². The van der Waals surface area contributed by atoms with Crippen molar-refractivity contribution in [2.45, 2.75) is 76.2 Å². The maximum Gasteiger partial charge on any atom is 0.349 e. The monoisotopic (exact) mass is 609 g/mol. The summed E-state index contributed by atoms with van der Waals surface area (Å²) >= 11 is 0. The molecule has 1 spiro atoms. The molecule has 3 aromatic rings. The number of anilines is 2. The van der Waals surface area contributed by atoms with E-state index in [0.717, 1.165) is 49.9 Å². The van der Waals surface area contributed by atoms with Crippen molar-refractivity contribution in [2.75, 3.05) is 43.0 Å². The second-order valence-corrected chi connectivity index (χ2v) is 13.3. The van der Waals surface area contributed by atoms with Crippen LogP contribution >= 0.6 is 0 Å². The fourth-order valence-corrected chi connectivity index (χ4v) is 8.01. The van der Waals surface area contributed by atoms with Gasteiger partial charge in [-0.1, -0.05) is 36.9 Å².